The molecule has 88 valence electrons. The van der Waals surface area contributed by atoms with Gasteiger partial charge in [-0.05, 0) is 31.5 Å². The minimum absolute atomic E-state index is 0.00481. The molecule has 3 heteroatoms. The molecule has 0 spiro atoms. The van der Waals surface area contributed by atoms with Crippen molar-refractivity contribution in [2.75, 3.05) is 6.61 Å². The van der Waals surface area contributed by atoms with Crippen LogP contribution in [0.3, 0.4) is 0 Å². The zero-order valence-corrected chi connectivity index (χ0v) is 9.82. The van der Waals surface area contributed by atoms with Gasteiger partial charge in [-0.25, -0.2) is 0 Å². The smallest absolute Gasteiger partial charge is 0.159 e. The van der Waals surface area contributed by atoms with E-state index in [1.165, 1.54) is 6.92 Å². The van der Waals surface area contributed by atoms with Gasteiger partial charge in [0.25, 0.3) is 0 Å². The van der Waals surface area contributed by atoms with Gasteiger partial charge in [0.1, 0.15) is 5.75 Å². The predicted octanol–water partition coefficient (Wildman–Crippen LogP) is 2.56. The summed E-state index contributed by atoms with van der Waals surface area (Å²) in [4.78, 5) is 11.2. The van der Waals surface area contributed by atoms with E-state index in [2.05, 4.69) is 6.92 Å². The Morgan fingerprint density at radius 2 is 2.19 bits per heavy atom. The summed E-state index contributed by atoms with van der Waals surface area (Å²) in [6.45, 7) is 4.13. The third-order valence-corrected chi connectivity index (χ3v) is 2.39. The van der Waals surface area contributed by atoms with Gasteiger partial charge in [-0.1, -0.05) is 13.3 Å². The lowest BCUT2D eigenvalue weighted by atomic mass is 10.1. The lowest BCUT2D eigenvalue weighted by Crippen LogP contribution is -2.02. The molecule has 0 radical (unpaired) electrons. The SMILES string of the molecule is CCCCOc1ccc(C(C)=O)cc1CO. The first-order valence-corrected chi connectivity index (χ1v) is 5.56. The Balaban J connectivity index is 2.80. The zero-order valence-electron chi connectivity index (χ0n) is 9.82. The van der Waals surface area contributed by atoms with E-state index >= 15 is 0 Å². The molecule has 1 aromatic carbocycles. The quantitative estimate of drug-likeness (QED) is 0.594. The molecule has 0 aliphatic heterocycles. The van der Waals surface area contributed by atoms with Gasteiger partial charge in [0.05, 0.1) is 13.2 Å². The maximum absolute atomic E-state index is 11.2. The number of benzene rings is 1. The van der Waals surface area contributed by atoms with E-state index in [0.717, 1.165) is 12.8 Å². The summed E-state index contributed by atoms with van der Waals surface area (Å²) in [6, 6.07) is 5.16. The number of ketones is 1. The molecule has 1 aromatic rings. The Kier molecular flexibility index (Phi) is 4.99. The van der Waals surface area contributed by atoms with Gasteiger partial charge in [-0.3, -0.25) is 4.79 Å². The van der Waals surface area contributed by atoms with Gasteiger partial charge in [-0.2, -0.15) is 0 Å². The summed E-state index contributed by atoms with van der Waals surface area (Å²) in [5.74, 6) is 0.663. The van der Waals surface area contributed by atoms with Crippen LogP contribution in [-0.4, -0.2) is 17.5 Å². The van der Waals surface area contributed by atoms with Crippen molar-refractivity contribution in [1.29, 1.82) is 0 Å². The normalized spacial score (nSPS) is 10.2. The lowest BCUT2D eigenvalue weighted by Gasteiger charge is -2.10. The van der Waals surface area contributed by atoms with Crippen molar-refractivity contribution in [3.63, 3.8) is 0 Å². The first-order chi connectivity index (χ1) is 7.69. The Morgan fingerprint density at radius 1 is 1.44 bits per heavy atom. The van der Waals surface area contributed by atoms with Crippen LogP contribution in [0.5, 0.6) is 5.75 Å². The fraction of sp³-hybridized carbons (Fsp3) is 0.462. The second kappa shape index (κ2) is 6.28. The van der Waals surface area contributed by atoms with E-state index in [4.69, 9.17) is 4.74 Å². The van der Waals surface area contributed by atoms with Crippen LogP contribution in [0, 0.1) is 0 Å². The van der Waals surface area contributed by atoms with E-state index in [-0.39, 0.29) is 12.4 Å². The highest BCUT2D eigenvalue weighted by atomic mass is 16.5. The van der Waals surface area contributed by atoms with Crippen LogP contribution in [0.25, 0.3) is 0 Å². The molecule has 16 heavy (non-hydrogen) atoms. The van der Waals surface area contributed by atoms with Crippen LogP contribution in [-0.2, 0) is 6.61 Å². The van der Waals surface area contributed by atoms with E-state index in [9.17, 15) is 9.90 Å². The fourth-order valence-electron chi connectivity index (χ4n) is 1.39. The number of carbonyl (C=O) groups excluding carboxylic acids is 1. The first-order valence-electron chi connectivity index (χ1n) is 5.56. The van der Waals surface area contributed by atoms with Gasteiger partial charge < -0.3 is 9.84 Å². The molecular formula is C13H18O3. The van der Waals surface area contributed by atoms with Gasteiger partial charge in [0.2, 0.25) is 0 Å². The monoisotopic (exact) mass is 222 g/mol. The molecule has 3 nitrogen and oxygen atoms in total. The molecule has 0 bridgehead atoms. The maximum Gasteiger partial charge on any atom is 0.159 e. The Hall–Kier alpha value is -1.35. The van der Waals surface area contributed by atoms with Crippen molar-refractivity contribution in [2.45, 2.75) is 33.3 Å². The summed E-state index contributed by atoms with van der Waals surface area (Å²) in [5.41, 5.74) is 1.27. The summed E-state index contributed by atoms with van der Waals surface area (Å²) < 4.78 is 5.53. The largest absolute Gasteiger partial charge is 0.493 e. The molecule has 0 fully saturated rings. The first kappa shape index (κ1) is 12.7. The van der Waals surface area contributed by atoms with Crippen molar-refractivity contribution in [1.82, 2.24) is 0 Å². The van der Waals surface area contributed by atoms with E-state index in [1.54, 1.807) is 18.2 Å². The van der Waals surface area contributed by atoms with Crippen LogP contribution >= 0.6 is 0 Å². The number of hydrogen-bond acceptors (Lipinski definition) is 3. The highest BCUT2D eigenvalue weighted by Gasteiger charge is 2.06. The molecule has 0 aliphatic carbocycles. The standard InChI is InChI=1S/C13H18O3/c1-3-4-7-16-13-6-5-11(10(2)15)8-12(13)9-14/h5-6,8,14H,3-4,7,9H2,1-2H3. The highest BCUT2D eigenvalue weighted by Crippen LogP contribution is 2.21. The topological polar surface area (TPSA) is 46.5 Å². The third-order valence-electron chi connectivity index (χ3n) is 2.39. The molecule has 0 saturated heterocycles. The molecule has 1 N–H and O–H groups in total. The van der Waals surface area contributed by atoms with E-state index < -0.39 is 0 Å². The summed E-state index contributed by atoms with van der Waals surface area (Å²) in [6.07, 6.45) is 2.05. The van der Waals surface area contributed by atoms with E-state index in [1.807, 2.05) is 0 Å². The van der Waals surface area contributed by atoms with Gasteiger partial charge in [-0.15, -0.1) is 0 Å². The van der Waals surface area contributed by atoms with Crippen LogP contribution in [0.2, 0.25) is 0 Å². The number of aliphatic hydroxyl groups excluding tert-OH is 1. The fourth-order valence-corrected chi connectivity index (χ4v) is 1.39. The van der Waals surface area contributed by atoms with Crippen LogP contribution in [0.1, 0.15) is 42.6 Å². The number of hydrogen-bond donors (Lipinski definition) is 1. The maximum atomic E-state index is 11.2. The van der Waals surface area contributed by atoms with Crippen molar-refractivity contribution in [3.8, 4) is 5.75 Å². The molecule has 0 atom stereocenters. The molecule has 0 unspecified atom stereocenters. The minimum atomic E-state index is -0.109. The van der Waals surface area contributed by atoms with Crippen LogP contribution in [0.4, 0.5) is 0 Å². The van der Waals surface area contributed by atoms with Crippen molar-refractivity contribution in [3.05, 3.63) is 29.3 Å². The third kappa shape index (κ3) is 3.35. The summed E-state index contributed by atoms with van der Waals surface area (Å²) in [5, 5.41) is 9.19. The molecule has 0 aromatic heterocycles. The lowest BCUT2D eigenvalue weighted by molar-refractivity contribution is 0.101. The number of ether oxygens (including phenoxy) is 1. The Labute approximate surface area is 96.1 Å². The molecular weight excluding hydrogens is 204 g/mol. The number of carbonyl (C=O) groups is 1. The van der Waals surface area contributed by atoms with Crippen molar-refractivity contribution in [2.24, 2.45) is 0 Å². The average Bonchev–Trinajstić information content (AvgIpc) is 2.29. The number of unbranched alkanes of at least 4 members (excludes halogenated alkanes) is 1. The molecule has 1 rings (SSSR count). The molecule has 0 saturated carbocycles. The number of Topliss-reactive ketones (excluding diaryl/α,β-unsaturated/α-hetero) is 1. The van der Waals surface area contributed by atoms with Crippen LogP contribution < -0.4 is 4.74 Å². The Morgan fingerprint density at radius 3 is 2.75 bits per heavy atom. The predicted molar refractivity (Wildman–Crippen MR) is 62.8 cm³/mol. The van der Waals surface area contributed by atoms with Crippen molar-refractivity contribution >= 4 is 5.78 Å². The highest BCUT2D eigenvalue weighted by molar-refractivity contribution is 5.94. The summed E-state index contributed by atoms with van der Waals surface area (Å²) >= 11 is 0. The zero-order chi connectivity index (χ0) is 12.0. The Bertz CT molecular complexity index is 358. The average molecular weight is 222 g/mol. The number of rotatable bonds is 6. The number of aliphatic hydroxyl groups is 1. The minimum Gasteiger partial charge on any atom is -0.493 e. The van der Waals surface area contributed by atoms with Gasteiger partial charge in [0, 0.05) is 11.1 Å². The second-order valence-electron chi connectivity index (χ2n) is 3.74. The van der Waals surface area contributed by atoms with Crippen molar-refractivity contribution < 1.29 is 14.6 Å². The van der Waals surface area contributed by atoms with E-state index in [0.29, 0.717) is 23.5 Å². The molecule has 0 amide bonds. The van der Waals surface area contributed by atoms with Gasteiger partial charge in [0.15, 0.2) is 5.78 Å². The second-order valence-corrected chi connectivity index (χ2v) is 3.74. The molecule has 0 heterocycles. The van der Waals surface area contributed by atoms with Crippen LogP contribution in [0.15, 0.2) is 18.2 Å². The molecule has 0 aliphatic rings. The summed E-state index contributed by atoms with van der Waals surface area (Å²) in [7, 11) is 0. The van der Waals surface area contributed by atoms with Gasteiger partial charge >= 0.3 is 0 Å².